The Hall–Kier alpha value is -0.870. The summed E-state index contributed by atoms with van der Waals surface area (Å²) >= 11 is 0. The van der Waals surface area contributed by atoms with Crippen molar-refractivity contribution >= 4 is 0 Å². The van der Waals surface area contributed by atoms with E-state index in [0.717, 1.165) is 25.7 Å². The average Bonchev–Trinajstić information content (AvgIpc) is 2.86. The van der Waals surface area contributed by atoms with Gasteiger partial charge in [-0.05, 0) is 45.8 Å². The van der Waals surface area contributed by atoms with E-state index < -0.39 is 0 Å². The minimum absolute atomic E-state index is 0.736. The highest BCUT2D eigenvalue weighted by Gasteiger charge is 2.18. The lowest BCUT2D eigenvalue weighted by Crippen LogP contribution is -2.42. The van der Waals surface area contributed by atoms with Gasteiger partial charge in [-0.15, -0.1) is 0 Å². The second kappa shape index (κ2) is 6.90. The van der Waals surface area contributed by atoms with Crippen molar-refractivity contribution in [1.82, 2.24) is 20.0 Å². The van der Waals surface area contributed by atoms with E-state index >= 15 is 0 Å². The van der Waals surface area contributed by atoms with Crippen LogP contribution in [0.2, 0.25) is 0 Å². The van der Waals surface area contributed by atoms with Gasteiger partial charge in [0.05, 0.1) is 6.20 Å². The molecule has 18 heavy (non-hydrogen) atoms. The highest BCUT2D eigenvalue weighted by Crippen LogP contribution is 2.13. The number of nitrogens with zero attached hydrogens (tertiary/aromatic N) is 3. The third kappa shape index (κ3) is 3.82. The van der Waals surface area contributed by atoms with Crippen molar-refractivity contribution in [3.05, 3.63) is 18.0 Å². The van der Waals surface area contributed by atoms with Gasteiger partial charge in [0.15, 0.2) is 0 Å². The van der Waals surface area contributed by atoms with Gasteiger partial charge in [0.25, 0.3) is 0 Å². The summed E-state index contributed by atoms with van der Waals surface area (Å²) in [4.78, 5) is 2.54. The fourth-order valence-corrected chi connectivity index (χ4v) is 2.56. The van der Waals surface area contributed by atoms with E-state index in [1.807, 2.05) is 10.9 Å². The summed E-state index contributed by atoms with van der Waals surface area (Å²) in [6.07, 6.45) is 7.96. The third-order valence-corrected chi connectivity index (χ3v) is 3.69. The number of likely N-dealkylation sites (tertiary alicyclic amines) is 1. The van der Waals surface area contributed by atoms with Crippen LogP contribution in [0.1, 0.15) is 38.7 Å². The Morgan fingerprint density at radius 2 is 2.11 bits per heavy atom. The molecule has 1 aliphatic rings. The molecule has 4 heteroatoms. The Balaban J connectivity index is 1.73. The van der Waals surface area contributed by atoms with Crippen molar-refractivity contribution in [2.24, 2.45) is 0 Å². The predicted molar refractivity (Wildman–Crippen MR) is 74.5 cm³/mol. The van der Waals surface area contributed by atoms with Gasteiger partial charge < -0.3 is 5.32 Å². The van der Waals surface area contributed by atoms with Crippen molar-refractivity contribution < 1.29 is 0 Å². The first-order valence-electron chi connectivity index (χ1n) is 7.29. The van der Waals surface area contributed by atoms with E-state index in [9.17, 15) is 0 Å². The van der Waals surface area contributed by atoms with E-state index in [0.29, 0.717) is 0 Å². The molecule has 0 aromatic carbocycles. The molecular weight excluding hydrogens is 224 g/mol. The molecule has 0 aliphatic carbocycles. The zero-order chi connectivity index (χ0) is 12.8. The number of nitrogens with one attached hydrogen (secondary N) is 1. The molecule has 1 aromatic rings. The fraction of sp³-hybridized carbons (Fsp3) is 0.786. The number of aromatic nitrogens is 2. The van der Waals surface area contributed by atoms with Crippen molar-refractivity contribution in [3.63, 3.8) is 0 Å². The molecule has 1 aliphatic heterocycles. The molecule has 0 radical (unpaired) electrons. The summed E-state index contributed by atoms with van der Waals surface area (Å²) < 4.78 is 2.00. The normalized spacial score (nSPS) is 18.3. The van der Waals surface area contributed by atoms with Gasteiger partial charge in [0, 0.05) is 30.9 Å². The van der Waals surface area contributed by atoms with Crippen LogP contribution in [0.5, 0.6) is 0 Å². The smallest absolute Gasteiger partial charge is 0.0534 e. The van der Waals surface area contributed by atoms with E-state index in [2.05, 4.69) is 35.4 Å². The summed E-state index contributed by atoms with van der Waals surface area (Å²) in [5.41, 5.74) is 1.34. The largest absolute Gasteiger partial charge is 0.314 e. The summed E-state index contributed by atoms with van der Waals surface area (Å²) in [7, 11) is 0. The fourth-order valence-electron chi connectivity index (χ4n) is 2.56. The van der Waals surface area contributed by atoms with Gasteiger partial charge in [-0.1, -0.05) is 6.92 Å². The predicted octanol–water partition coefficient (Wildman–Crippen LogP) is 1.87. The first kappa shape index (κ1) is 13.6. The zero-order valence-electron chi connectivity index (χ0n) is 11.7. The van der Waals surface area contributed by atoms with Crippen molar-refractivity contribution in [2.75, 3.05) is 19.6 Å². The van der Waals surface area contributed by atoms with Gasteiger partial charge >= 0.3 is 0 Å². The van der Waals surface area contributed by atoms with E-state index in [1.54, 1.807) is 0 Å². The van der Waals surface area contributed by atoms with Gasteiger partial charge in [-0.2, -0.15) is 5.10 Å². The van der Waals surface area contributed by atoms with Crippen LogP contribution in [-0.4, -0.2) is 40.4 Å². The van der Waals surface area contributed by atoms with E-state index in [4.69, 9.17) is 0 Å². The van der Waals surface area contributed by atoms with E-state index in [-0.39, 0.29) is 0 Å². The molecule has 0 amide bonds. The molecule has 0 saturated carbocycles. The van der Waals surface area contributed by atoms with Crippen LogP contribution in [0, 0.1) is 0 Å². The van der Waals surface area contributed by atoms with Crippen LogP contribution >= 0.6 is 0 Å². The molecule has 0 unspecified atom stereocenters. The van der Waals surface area contributed by atoms with Gasteiger partial charge in [-0.3, -0.25) is 9.58 Å². The second-order valence-corrected chi connectivity index (χ2v) is 5.21. The summed E-state index contributed by atoms with van der Waals surface area (Å²) in [5.74, 6) is 0. The SMILES string of the molecule is CCCNC1CCN(Cc2cnn(CC)c2)CC1. The first-order valence-corrected chi connectivity index (χ1v) is 7.29. The van der Waals surface area contributed by atoms with Crippen LogP contribution < -0.4 is 5.32 Å². The Morgan fingerprint density at radius 3 is 2.72 bits per heavy atom. The number of piperidine rings is 1. The van der Waals surface area contributed by atoms with Crippen LogP contribution in [0.15, 0.2) is 12.4 Å². The molecular formula is C14H26N4. The summed E-state index contributed by atoms with van der Waals surface area (Å²) in [6.45, 7) is 9.95. The highest BCUT2D eigenvalue weighted by atomic mass is 15.3. The maximum Gasteiger partial charge on any atom is 0.0534 e. The van der Waals surface area contributed by atoms with Gasteiger partial charge in [0.1, 0.15) is 0 Å². The molecule has 1 fully saturated rings. The maximum atomic E-state index is 4.33. The minimum Gasteiger partial charge on any atom is -0.314 e. The van der Waals surface area contributed by atoms with Crippen molar-refractivity contribution in [2.45, 2.75) is 52.2 Å². The second-order valence-electron chi connectivity index (χ2n) is 5.21. The Kier molecular flexibility index (Phi) is 5.20. The Labute approximate surface area is 110 Å². The Bertz CT molecular complexity index is 339. The number of rotatable bonds is 6. The molecule has 2 rings (SSSR count). The Morgan fingerprint density at radius 1 is 1.33 bits per heavy atom. The molecule has 1 aromatic heterocycles. The summed E-state index contributed by atoms with van der Waals surface area (Å²) in [5, 5.41) is 7.96. The molecule has 102 valence electrons. The molecule has 0 spiro atoms. The molecule has 0 atom stereocenters. The highest BCUT2D eigenvalue weighted by molar-refractivity contribution is 5.03. The van der Waals surface area contributed by atoms with E-state index in [1.165, 1.54) is 37.9 Å². The zero-order valence-corrected chi connectivity index (χ0v) is 11.7. The van der Waals surface area contributed by atoms with Crippen LogP contribution in [-0.2, 0) is 13.1 Å². The van der Waals surface area contributed by atoms with Crippen molar-refractivity contribution in [3.8, 4) is 0 Å². The number of aryl methyl sites for hydroxylation is 1. The first-order chi connectivity index (χ1) is 8.81. The molecule has 0 bridgehead atoms. The average molecular weight is 250 g/mol. The molecule has 4 nitrogen and oxygen atoms in total. The lowest BCUT2D eigenvalue weighted by Gasteiger charge is -2.32. The van der Waals surface area contributed by atoms with Gasteiger partial charge in [-0.25, -0.2) is 0 Å². The van der Waals surface area contributed by atoms with Crippen LogP contribution in [0.3, 0.4) is 0 Å². The van der Waals surface area contributed by atoms with Crippen molar-refractivity contribution in [1.29, 1.82) is 0 Å². The monoisotopic (exact) mass is 250 g/mol. The quantitative estimate of drug-likeness (QED) is 0.836. The minimum atomic E-state index is 0.736. The van der Waals surface area contributed by atoms with Gasteiger partial charge in [0.2, 0.25) is 0 Å². The lowest BCUT2D eigenvalue weighted by molar-refractivity contribution is 0.191. The standard InChI is InChI=1S/C14H26N4/c1-3-7-15-14-5-8-17(9-6-14)11-13-10-16-18(4-2)12-13/h10,12,14-15H,3-9,11H2,1-2H3. The maximum absolute atomic E-state index is 4.33. The molecule has 2 heterocycles. The third-order valence-electron chi connectivity index (χ3n) is 3.69. The summed E-state index contributed by atoms with van der Waals surface area (Å²) in [6, 6.07) is 0.736. The lowest BCUT2D eigenvalue weighted by atomic mass is 10.0. The topological polar surface area (TPSA) is 33.1 Å². The van der Waals surface area contributed by atoms with Crippen LogP contribution in [0.4, 0.5) is 0 Å². The number of hydrogen-bond donors (Lipinski definition) is 1. The van der Waals surface area contributed by atoms with Crippen LogP contribution in [0.25, 0.3) is 0 Å². The number of hydrogen-bond acceptors (Lipinski definition) is 3. The molecule has 1 N–H and O–H groups in total. The molecule has 1 saturated heterocycles.